The first-order valence-corrected chi connectivity index (χ1v) is 6.67. The fourth-order valence-corrected chi connectivity index (χ4v) is 2.02. The normalized spacial score (nSPS) is 16.4. The highest BCUT2D eigenvalue weighted by molar-refractivity contribution is 5.77. The minimum atomic E-state index is -0.295. The number of amides is 1. The number of aliphatic hydroxyl groups excluding tert-OH is 1. The molecule has 5 nitrogen and oxygen atoms in total. The van der Waals surface area contributed by atoms with Crippen molar-refractivity contribution in [1.82, 2.24) is 15.2 Å². The predicted molar refractivity (Wildman–Crippen MR) is 72.3 cm³/mol. The van der Waals surface area contributed by atoms with Gasteiger partial charge in [-0.05, 0) is 37.4 Å². The van der Waals surface area contributed by atoms with Crippen LogP contribution < -0.4 is 5.32 Å². The van der Waals surface area contributed by atoms with E-state index in [1.165, 1.54) is 0 Å². The average molecular weight is 263 g/mol. The van der Waals surface area contributed by atoms with Crippen molar-refractivity contribution in [3.05, 3.63) is 30.1 Å². The van der Waals surface area contributed by atoms with E-state index in [0.717, 1.165) is 18.4 Å². The summed E-state index contributed by atoms with van der Waals surface area (Å²) in [4.78, 5) is 17.6. The molecule has 0 aliphatic heterocycles. The maximum absolute atomic E-state index is 11.7. The van der Waals surface area contributed by atoms with Crippen molar-refractivity contribution >= 4 is 5.91 Å². The van der Waals surface area contributed by atoms with Gasteiger partial charge in [0.2, 0.25) is 5.91 Å². The van der Waals surface area contributed by atoms with Gasteiger partial charge < -0.3 is 10.4 Å². The fraction of sp³-hybridized carbons (Fsp3) is 0.571. The van der Waals surface area contributed by atoms with Crippen LogP contribution in [0.1, 0.15) is 18.4 Å². The zero-order valence-corrected chi connectivity index (χ0v) is 11.2. The molecule has 1 aromatic heterocycles. The molecule has 1 aromatic rings. The molecule has 1 atom stereocenters. The number of carbonyl (C=O) groups excluding carboxylic acids is 1. The summed E-state index contributed by atoms with van der Waals surface area (Å²) in [5.41, 5.74) is 0.983. The van der Waals surface area contributed by atoms with Crippen LogP contribution in [-0.4, -0.2) is 47.1 Å². The molecule has 1 aliphatic carbocycles. The van der Waals surface area contributed by atoms with E-state index in [1.807, 2.05) is 24.1 Å². The lowest BCUT2D eigenvalue weighted by Gasteiger charge is -2.19. The molecule has 5 heteroatoms. The second-order valence-corrected chi connectivity index (χ2v) is 5.24. The summed E-state index contributed by atoms with van der Waals surface area (Å²) in [6.45, 7) is 1.36. The van der Waals surface area contributed by atoms with Gasteiger partial charge in [-0.15, -0.1) is 0 Å². The Morgan fingerprint density at radius 2 is 2.42 bits per heavy atom. The molecule has 1 unspecified atom stereocenters. The highest BCUT2D eigenvalue weighted by Gasteiger charge is 2.30. The number of hydrogen-bond acceptors (Lipinski definition) is 4. The molecule has 0 aromatic carbocycles. The van der Waals surface area contributed by atoms with Gasteiger partial charge in [0.05, 0.1) is 12.6 Å². The van der Waals surface area contributed by atoms with E-state index >= 15 is 0 Å². The lowest BCUT2D eigenvalue weighted by molar-refractivity contribution is -0.122. The molecule has 0 spiro atoms. The molecule has 1 saturated carbocycles. The number of aliphatic hydroxyl groups is 1. The van der Waals surface area contributed by atoms with Gasteiger partial charge in [-0.3, -0.25) is 14.7 Å². The average Bonchev–Trinajstić information content (AvgIpc) is 3.21. The van der Waals surface area contributed by atoms with Gasteiger partial charge in [0, 0.05) is 25.5 Å². The van der Waals surface area contributed by atoms with Gasteiger partial charge in [0.15, 0.2) is 0 Å². The van der Waals surface area contributed by atoms with E-state index in [0.29, 0.717) is 25.6 Å². The lowest BCUT2D eigenvalue weighted by atomic mass is 10.2. The van der Waals surface area contributed by atoms with Crippen LogP contribution in [0.3, 0.4) is 0 Å². The molecular formula is C14H21N3O2. The summed E-state index contributed by atoms with van der Waals surface area (Å²) in [5.74, 6) is 0.412. The standard InChI is InChI=1S/C14H21N3O2/c1-17(9-13(18)12-4-5-12)10-14(19)16-8-11-3-2-6-15-7-11/h2-3,6-7,12-13,18H,4-5,8-10H2,1H3,(H,16,19). The van der Waals surface area contributed by atoms with Crippen molar-refractivity contribution < 1.29 is 9.90 Å². The minimum Gasteiger partial charge on any atom is -0.392 e. The zero-order chi connectivity index (χ0) is 13.7. The van der Waals surface area contributed by atoms with E-state index < -0.39 is 0 Å². The number of hydrogen-bond donors (Lipinski definition) is 2. The Balaban J connectivity index is 1.65. The van der Waals surface area contributed by atoms with Crippen molar-refractivity contribution in [2.24, 2.45) is 5.92 Å². The van der Waals surface area contributed by atoms with Gasteiger partial charge in [0.1, 0.15) is 0 Å². The first kappa shape index (κ1) is 14.0. The number of nitrogens with zero attached hydrogens (tertiary/aromatic N) is 2. The minimum absolute atomic E-state index is 0.0330. The van der Waals surface area contributed by atoms with Gasteiger partial charge in [-0.2, -0.15) is 0 Å². The van der Waals surface area contributed by atoms with Crippen molar-refractivity contribution in [2.75, 3.05) is 20.1 Å². The summed E-state index contributed by atoms with van der Waals surface area (Å²) in [6.07, 6.45) is 5.38. The molecular weight excluding hydrogens is 242 g/mol. The highest BCUT2D eigenvalue weighted by atomic mass is 16.3. The highest BCUT2D eigenvalue weighted by Crippen LogP contribution is 2.32. The second kappa shape index (κ2) is 6.63. The number of rotatable bonds is 7. The lowest BCUT2D eigenvalue weighted by Crippen LogP contribution is -2.38. The summed E-state index contributed by atoms with van der Waals surface area (Å²) in [5, 5.41) is 12.6. The maximum Gasteiger partial charge on any atom is 0.234 e. The summed E-state index contributed by atoms with van der Waals surface area (Å²) >= 11 is 0. The van der Waals surface area contributed by atoms with E-state index in [9.17, 15) is 9.90 Å². The van der Waals surface area contributed by atoms with Gasteiger partial charge in [0.25, 0.3) is 0 Å². The largest absolute Gasteiger partial charge is 0.392 e. The topological polar surface area (TPSA) is 65.5 Å². The molecule has 0 bridgehead atoms. The Bertz CT molecular complexity index is 406. The van der Waals surface area contributed by atoms with Crippen LogP contribution in [0.15, 0.2) is 24.5 Å². The fourth-order valence-electron chi connectivity index (χ4n) is 2.02. The number of aromatic nitrogens is 1. The third-order valence-corrected chi connectivity index (χ3v) is 3.29. The maximum atomic E-state index is 11.7. The number of likely N-dealkylation sites (N-methyl/N-ethyl adjacent to an activating group) is 1. The predicted octanol–water partition coefficient (Wildman–Crippen LogP) is 0.400. The van der Waals surface area contributed by atoms with Crippen LogP contribution in [-0.2, 0) is 11.3 Å². The Kier molecular flexibility index (Phi) is 4.87. The third-order valence-electron chi connectivity index (χ3n) is 3.29. The molecule has 0 saturated heterocycles. The Morgan fingerprint density at radius 3 is 3.05 bits per heavy atom. The van der Waals surface area contributed by atoms with Crippen molar-refractivity contribution in [3.8, 4) is 0 Å². The molecule has 2 rings (SSSR count). The van der Waals surface area contributed by atoms with Gasteiger partial charge in [-0.1, -0.05) is 6.07 Å². The molecule has 1 aliphatic rings. The van der Waals surface area contributed by atoms with Crippen LogP contribution in [0.4, 0.5) is 0 Å². The number of pyridine rings is 1. The van der Waals surface area contributed by atoms with Crippen LogP contribution in [0.5, 0.6) is 0 Å². The van der Waals surface area contributed by atoms with E-state index in [2.05, 4.69) is 10.3 Å². The molecule has 0 radical (unpaired) electrons. The first-order valence-electron chi connectivity index (χ1n) is 6.67. The summed E-state index contributed by atoms with van der Waals surface area (Å²) in [7, 11) is 1.86. The molecule has 104 valence electrons. The Labute approximate surface area is 113 Å². The van der Waals surface area contributed by atoms with E-state index in [1.54, 1.807) is 12.4 Å². The smallest absolute Gasteiger partial charge is 0.234 e. The SMILES string of the molecule is CN(CC(=O)NCc1cccnc1)CC(O)C1CC1. The van der Waals surface area contributed by atoms with Crippen molar-refractivity contribution in [2.45, 2.75) is 25.5 Å². The zero-order valence-electron chi connectivity index (χ0n) is 11.2. The van der Waals surface area contributed by atoms with Crippen molar-refractivity contribution in [3.63, 3.8) is 0 Å². The quantitative estimate of drug-likeness (QED) is 0.747. The van der Waals surface area contributed by atoms with Crippen molar-refractivity contribution in [1.29, 1.82) is 0 Å². The monoisotopic (exact) mass is 263 g/mol. The van der Waals surface area contributed by atoms with E-state index in [4.69, 9.17) is 0 Å². The second-order valence-electron chi connectivity index (χ2n) is 5.24. The van der Waals surface area contributed by atoms with Crippen LogP contribution in [0.2, 0.25) is 0 Å². The number of carbonyl (C=O) groups is 1. The molecule has 19 heavy (non-hydrogen) atoms. The number of nitrogens with one attached hydrogen (secondary N) is 1. The summed E-state index contributed by atoms with van der Waals surface area (Å²) in [6, 6.07) is 3.77. The van der Waals surface area contributed by atoms with Crippen LogP contribution in [0.25, 0.3) is 0 Å². The summed E-state index contributed by atoms with van der Waals surface area (Å²) < 4.78 is 0. The Morgan fingerprint density at radius 1 is 1.63 bits per heavy atom. The molecule has 1 heterocycles. The van der Waals surface area contributed by atoms with E-state index in [-0.39, 0.29) is 12.0 Å². The van der Waals surface area contributed by atoms with Crippen LogP contribution in [0, 0.1) is 5.92 Å². The van der Waals surface area contributed by atoms with Gasteiger partial charge in [-0.25, -0.2) is 0 Å². The van der Waals surface area contributed by atoms with Gasteiger partial charge >= 0.3 is 0 Å². The molecule has 2 N–H and O–H groups in total. The molecule has 1 amide bonds. The third kappa shape index (κ3) is 4.96. The van der Waals surface area contributed by atoms with Crippen LogP contribution >= 0.6 is 0 Å². The first-order chi connectivity index (χ1) is 9.15. The Hall–Kier alpha value is -1.46. The molecule has 1 fully saturated rings.